The number of piperazine rings is 1. The fourth-order valence-corrected chi connectivity index (χ4v) is 3.86. The Morgan fingerprint density at radius 3 is 2.35 bits per heavy atom. The van der Waals surface area contributed by atoms with Crippen LogP contribution in [0, 0.1) is 17.5 Å². The molecule has 1 aromatic carbocycles. The minimum atomic E-state index is -4.19. The summed E-state index contributed by atoms with van der Waals surface area (Å²) in [6.45, 7) is 5.00. The summed E-state index contributed by atoms with van der Waals surface area (Å²) < 4.78 is 71.1. The van der Waals surface area contributed by atoms with E-state index >= 15 is 0 Å². The van der Waals surface area contributed by atoms with Crippen LogP contribution in [0.5, 0.6) is 0 Å². The summed E-state index contributed by atoms with van der Waals surface area (Å²) in [4.78, 5) is 1.20. The molecular formula is C14H19F3N2O3S. The first kappa shape index (κ1) is 18.2. The molecule has 0 aromatic heterocycles. The van der Waals surface area contributed by atoms with Gasteiger partial charge in [-0.1, -0.05) is 0 Å². The van der Waals surface area contributed by atoms with Crippen LogP contribution in [0.25, 0.3) is 0 Å². The topological polar surface area (TPSA) is 49.9 Å². The highest BCUT2D eigenvalue weighted by atomic mass is 32.2. The summed E-state index contributed by atoms with van der Waals surface area (Å²) in [7, 11) is -4.19. The van der Waals surface area contributed by atoms with Crippen molar-refractivity contribution in [2.45, 2.75) is 11.8 Å². The molecule has 0 saturated carbocycles. The van der Waals surface area contributed by atoms with Gasteiger partial charge in [-0.2, -0.15) is 4.31 Å². The first-order valence-electron chi connectivity index (χ1n) is 7.31. The summed E-state index contributed by atoms with van der Waals surface area (Å²) in [6.07, 6.45) is 0. The van der Waals surface area contributed by atoms with E-state index < -0.39 is 32.4 Å². The summed E-state index contributed by atoms with van der Waals surface area (Å²) >= 11 is 0. The zero-order chi connectivity index (χ0) is 17.0. The molecule has 0 bridgehead atoms. The second-order valence-electron chi connectivity index (χ2n) is 5.12. The normalized spacial score (nSPS) is 17.6. The van der Waals surface area contributed by atoms with Gasteiger partial charge in [0.25, 0.3) is 0 Å². The first-order valence-corrected chi connectivity index (χ1v) is 8.75. The molecule has 1 heterocycles. The fraction of sp³-hybridized carbons (Fsp3) is 0.571. The van der Waals surface area contributed by atoms with Gasteiger partial charge in [0.15, 0.2) is 17.5 Å². The second kappa shape index (κ2) is 7.61. The Morgan fingerprint density at radius 2 is 1.74 bits per heavy atom. The van der Waals surface area contributed by atoms with Crippen LogP contribution < -0.4 is 0 Å². The molecule has 2 rings (SSSR count). The van der Waals surface area contributed by atoms with Gasteiger partial charge in [-0.05, 0) is 19.1 Å². The Morgan fingerprint density at radius 1 is 1.09 bits per heavy atom. The van der Waals surface area contributed by atoms with E-state index in [4.69, 9.17) is 4.74 Å². The lowest BCUT2D eigenvalue weighted by atomic mass is 10.3. The number of hydrogen-bond donors (Lipinski definition) is 0. The third-order valence-corrected chi connectivity index (χ3v) is 5.62. The maximum atomic E-state index is 13.7. The van der Waals surface area contributed by atoms with Crippen molar-refractivity contribution in [2.24, 2.45) is 0 Å². The summed E-state index contributed by atoms with van der Waals surface area (Å²) in [5.74, 6) is -4.87. The maximum Gasteiger partial charge on any atom is 0.246 e. The van der Waals surface area contributed by atoms with E-state index in [1.165, 1.54) is 0 Å². The smallest absolute Gasteiger partial charge is 0.246 e. The van der Waals surface area contributed by atoms with Gasteiger partial charge in [0, 0.05) is 39.3 Å². The molecule has 0 N–H and O–H groups in total. The predicted molar refractivity (Wildman–Crippen MR) is 78.0 cm³/mol. The maximum absolute atomic E-state index is 13.7. The van der Waals surface area contributed by atoms with Crippen molar-refractivity contribution in [3.8, 4) is 0 Å². The third-order valence-electron chi connectivity index (χ3n) is 3.70. The highest BCUT2D eigenvalue weighted by Gasteiger charge is 2.32. The molecule has 1 saturated heterocycles. The van der Waals surface area contributed by atoms with Crippen LogP contribution in [0.2, 0.25) is 0 Å². The third kappa shape index (κ3) is 4.03. The Hall–Kier alpha value is -1.16. The lowest BCUT2D eigenvalue weighted by molar-refractivity contribution is 0.0979. The van der Waals surface area contributed by atoms with E-state index in [1.807, 2.05) is 11.8 Å². The van der Waals surface area contributed by atoms with Gasteiger partial charge < -0.3 is 4.74 Å². The largest absolute Gasteiger partial charge is 0.380 e. The molecule has 5 nitrogen and oxygen atoms in total. The average molecular weight is 352 g/mol. The van der Waals surface area contributed by atoms with E-state index in [0.717, 1.165) is 10.4 Å². The van der Waals surface area contributed by atoms with Crippen molar-refractivity contribution < 1.29 is 26.3 Å². The van der Waals surface area contributed by atoms with Crippen LogP contribution in [-0.2, 0) is 14.8 Å². The van der Waals surface area contributed by atoms with Gasteiger partial charge in [-0.15, -0.1) is 0 Å². The van der Waals surface area contributed by atoms with E-state index in [1.54, 1.807) is 0 Å². The van der Waals surface area contributed by atoms with E-state index in [0.29, 0.717) is 38.9 Å². The van der Waals surface area contributed by atoms with Crippen LogP contribution in [0.1, 0.15) is 6.92 Å². The van der Waals surface area contributed by atoms with Gasteiger partial charge in [0.1, 0.15) is 4.90 Å². The van der Waals surface area contributed by atoms with Crippen LogP contribution in [0.15, 0.2) is 17.0 Å². The van der Waals surface area contributed by atoms with Crippen LogP contribution >= 0.6 is 0 Å². The summed E-state index contributed by atoms with van der Waals surface area (Å²) in [6, 6.07) is 1.37. The minimum absolute atomic E-state index is 0.160. The van der Waals surface area contributed by atoms with Crippen molar-refractivity contribution in [1.29, 1.82) is 0 Å². The molecule has 1 aromatic rings. The van der Waals surface area contributed by atoms with Gasteiger partial charge in [-0.25, -0.2) is 21.6 Å². The van der Waals surface area contributed by atoms with Crippen molar-refractivity contribution >= 4 is 10.0 Å². The number of halogens is 3. The average Bonchev–Trinajstić information content (AvgIpc) is 2.53. The van der Waals surface area contributed by atoms with Crippen LogP contribution in [0.4, 0.5) is 13.2 Å². The first-order chi connectivity index (χ1) is 10.9. The molecule has 0 atom stereocenters. The van der Waals surface area contributed by atoms with E-state index in [9.17, 15) is 21.6 Å². The number of sulfonamides is 1. The van der Waals surface area contributed by atoms with Crippen molar-refractivity contribution in [3.05, 3.63) is 29.6 Å². The Kier molecular flexibility index (Phi) is 6.01. The molecule has 0 unspecified atom stereocenters. The zero-order valence-electron chi connectivity index (χ0n) is 12.8. The van der Waals surface area contributed by atoms with E-state index in [-0.39, 0.29) is 13.1 Å². The van der Waals surface area contributed by atoms with Gasteiger partial charge in [-0.3, -0.25) is 4.90 Å². The number of hydrogen-bond acceptors (Lipinski definition) is 4. The van der Waals surface area contributed by atoms with Gasteiger partial charge in [0.05, 0.1) is 6.61 Å². The molecule has 130 valence electrons. The number of ether oxygens (including phenoxy) is 1. The second-order valence-corrected chi connectivity index (χ2v) is 7.02. The van der Waals surface area contributed by atoms with Gasteiger partial charge in [0.2, 0.25) is 10.0 Å². The summed E-state index contributed by atoms with van der Waals surface area (Å²) in [5, 5.41) is 0. The monoisotopic (exact) mass is 352 g/mol. The standard InChI is InChI=1S/C14H19F3N2O3S/c1-2-22-10-9-18-5-7-19(8-6-18)23(20,21)12-4-3-11(15)13(16)14(12)17/h3-4H,2,5-10H2,1H3. The highest BCUT2D eigenvalue weighted by Crippen LogP contribution is 2.23. The Balaban J connectivity index is 2.06. The molecule has 1 fully saturated rings. The molecule has 0 radical (unpaired) electrons. The SMILES string of the molecule is CCOCCN1CCN(S(=O)(=O)c2ccc(F)c(F)c2F)CC1. The quantitative estimate of drug-likeness (QED) is 0.574. The number of nitrogens with zero attached hydrogens (tertiary/aromatic N) is 2. The van der Waals surface area contributed by atoms with Crippen LogP contribution in [0.3, 0.4) is 0 Å². The zero-order valence-corrected chi connectivity index (χ0v) is 13.6. The fourth-order valence-electron chi connectivity index (χ4n) is 2.38. The van der Waals surface area contributed by atoms with Crippen molar-refractivity contribution in [1.82, 2.24) is 9.21 Å². The number of rotatable bonds is 6. The van der Waals surface area contributed by atoms with Crippen LogP contribution in [-0.4, -0.2) is 63.6 Å². The lowest BCUT2D eigenvalue weighted by Crippen LogP contribution is -2.49. The van der Waals surface area contributed by atoms with Crippen molar-refractivity contribution in [3.63, 3.8) is 0 Å². The summed E-state index contributed by atoms with van der Waals surface area (Å²) in [5.41, 5.74) is 0. The number of benzene rings is 1. The van der Waals surface area contributed by atoms with E-state index in [2.05, 4.69) is 0 Å². The lowest BCUT2D eigenvalue weighted by Gasteiger charge is -2.33. The Bertz CT molecular complexity index is 647. The molecule has 23 heavy (non-hydrogen) atoms. The predicted octanol–water partition coefficient (Wildman–Crippen LogP) is 1.45. The van der Waals surface area contributed by atoms with Crippen molar-refractivity contribution in [2.75, 3.05) is 45.9 Å². The molecule has 0 amide bonds. The minimum Gasteiger partial charge on any atom is -0.380 e. The molecule has 9 heteroatoms. The molecular weight excluding hydrogens is 333 g/mol. The Labute approximate surface area is 133 Å². The molecule has 1 aliphatic heterocycles. The highest BCUT2D eigenvalue weighted by molar-refractivity contribution is 7.89. The molecule has 0 aliphatic carbocycles. The van der Waals surface area contributed by atoms with Gasteiger partial charge >= 0.3 is 0 Å². The molecule has 1 aliphatic rings. The molecule has 0 spiro atoms.